The molecule has 0 saturated heterocycles. The van der Waals surface area contributed by atoms with Crippen LogP contribution in [0.3, 0.4) is 0 Å². The molecular weight excluding hydrogens is 1140 g/mol. The molecule has 0 aliphatic rings. The SMILES string of the molecule is CCCCCCCCCCCCCCCCCCCCCCC(=O)O[C@H](COC(=O)CCCCCCCCCCCCC)COP(=O)(O)OC[C@@H](O)COP(=O)(O)OC[C@@H](COC(=O)CCCCCCC)OC(=O)CCCCCCCCCCCC. The highest BCUT2D eigenvalue weighted by Crippen LogP contribution is 2.45. The maximum absolute atomic E-state index is 13.0. The number of hydrogen-bond acceptors (Lipinski definition) is 15. The fraction of sp³-hybridized carbons (Fsp3) is 0.940. The molecule has 0 aliphatic heterocycles. The van der Waals surface area contributed by atoms with Gasteiger partial charge in [-0.25, -0.2) is 9.13 Å². The minimum absolute atomic E-state index is 0.106. The molecule has 0 aromatic rings. The van der Waals surface area contributed by atoms with Crippen LogP contribution in [-0.4, -0.2) is 96.7 Å². The fourth-order valence-corrected chi connectivity index (χ4v) is 11.7. The summed E-state index contributed by atoms with van der Waals surface area (Å²) in [5.74, 6) is -2.14. The topological polar surface area (TPSA) is 237 Å². The lowest BCUT2D eigenvalue weighted by Gasteiger charge is -2.21. The number of carbonyl (C=O) groups is 4. The molecule has 0 bridgehead atoms. The third-order valence-electron chi connectivity index (χ3n) is 15.6. The van der Waals surface area contributed by atoms with Gasteiger partial charge in [0.1, 0.15) is 19.3 Å². The number of rotatable bonds is 68. The maximum atomic E-state index is 13.0. The van der Waals surface area contributed by atoms with Gasteiger partial charge in [-0.3, -0.25) is 37.3 Å². The van der Waals surface area contributed by atoms with Crippen molar-refractivity contribution in [2.45, 2.75) is 367 Å². The van der Waals surface area contributed by atoms with E-state index in [1.165, 1.54) is 173 Å². The van der Waals surface area contributed by atoms with Crippen molar-refractivity contribution < 1.29 is 80.2 Å². The zero-order valence-electron chi connectivity index (χ0n) is 55.3. The zero-order valence-corrected chi connectivity index (χ0v) is 57.1. The van der Waals surface area contributed by atoms with Gasteiger partial charge in [-0.05, 0) is 25.7 Å². The second kappa shape index (κ2) is 61.9. The quantitative estimate of drug-likeness (QED) is 0.0222. The van der Waals surface area contributed by atoms with Crippen molar-refractivity contribution in [3.8, 4) is 0 Å². The highest BCUT2D eigenvalue weighted by Gasteiger charge is 2.30. The number of aliphatic hydroxyl groups excluding tert-OH is 1. The predicted molar refractivity (Wildman–Crippen MR) is 345 cm³/mol. The Balaban J connectivity index is 5.10. The van der Waals surface area contributed by atoms with Crippen LogP contribution in [0.15, 0.2) is 0 Å². The van der Waals surface area contributed by atoms with E-state index >= 15 is 0 Å². The predicted octanol–water partition coefficient (Wildman–Crippen LogP) is 19.1. The normalized spacial score (nSPS) is 14.1. The van der Waals surface area contributed by atoms with E-state index in [1.807, 2.05) is 0 Å². The Morgan fingerprint density at radius 3 is 0.686 bits per heavy atom. The van der Waals surface area contributed by atoms with Crippen molar-refractivity contribution in [3.05, 3.63) is 0 Å². The van der Waals surface area contributed by atoms with Crippen LogP contribution in [0.5, 0.6) is 0 Å². The first kappa shape index (κ1) is 84.1. The Labute approximate surface area is 524 Å². The summed E-state index contributed by atoms with van der Waals surface area (Å²) in [5.41, 5.74) is 0. The molecule has 0 aromatic carbocycles. The molecule has 2 unspecified atom stereocenters. The number of unbranched alkanes of at least 4 members (excludes halogenated alkanes) is 42. The van der Waals surface area contributed by atoms with Gasteiger partial charge in [-0.2, -0.15) is 0 Å². The molecule has 17 nitrogen and oxygen atoms in total. The molecule has 3 N–H and O–H groups in total. The number of ether oxygens (including phenoxy) is 4. The van der Waals surface area contributed by atoms with Gasteiger partial charge in [-0.15, -0.1) is 0 Å². The largest absolute Gasteiger partial charge is 0.472 e. The van der Waals surface area contributed by atoms with E-state index < -0.39 is 97.5 Å². The maximum Gasteiger partial charge on any atom is 0.472 e. The van der Waals surface area contributed by atoms with Crippen LogP contribution in [0.25, 0.3) is 0 Å². The number of phosphoric ester groups is 2. The molecule has 86 heavy (non-hydrogen) atoms. The van der Waals surface area contributed by atoms with E-state index in [2.05, 4.69) is 27.7 Å². The Morgan fingerprint density at radius 2 is 0.465 bits per heavy atom. The lowest BCUT2D eigenvalue weighted by molar-refractivity contribution is -0.161. The Bertz CT molecular complexity index is 1650. The zero-order chi connectivity index (χ0) is 63.3. The Kier molecular flexibility index (Phi) is 60.5. The lowest BCUT2D eigenvalue weighted by atomic mass is 10.0. The molecule has 0 fully saturated rings. The number of carbonyl (C=O) groups excluding carboxylic acids is 4. The summed E-state index contributed by atoms with van der Waals surface area (Å²) < 4.78 is 67.9. The van der Waals surface area contributed by atoms with E-state index in [-0.39, 0.29) is 25.7 Å². The number of esters is 4. The molecule has 0 heterocycles. The molecule has 5 atom stereocenters. The summed E-state index contributed by atoms with van der Waals surface area (Å²) >= 11 is 0. The van der Waals surface area contributed by atoms with Crippen LogP contribution in [0.4, 0.5) is 0 Å². The first-order chi connectivity index (χ1) is 41.7. The van der Waals surface area contributed by atoms with Crippen LogP contribution < -0.4 is 0 Å². The molecule has 0 rings (SSSR count). The smallest absolute Gasteiger partial charge is 0.462 e. The van der Waals surface area contributed by atoms with Crippen LogP contribution in [0.1, 0.15) is 349 Å². The minimum Gasteiger partial charge on any atom is -0.462 e. The average molecular weight is 1270 g/mol. The van der Waals surface area contributed by atoms with Gasteiger partial charge in [0.2, 0.25) is 0 Å². The summed E-state index contributed by atoms with van der Waals surface area (Å²) in [5, 5.41) is 10.5. The third-order valence-corrected chi connectivity index (χ3v) is 17.5. The Morgan fingerprint density at radius 1 is 0.279 bits per heavy atom. The summed E-state index contributed by atoms with van der Waals surface area (Å²) in [4.78, 5) is 72.0. The van der Waals surface area contributed by atoms with Crippen molar-refractivity contribution in [2.24, 2.45) is 0 Å². The standard InChI is InChI=1S/C67H130O17P2/c1-5-9-13-17-20-23-26-27-28-29-30-31-32-33-34-36-39-42-46-50-54-67(72)84-63(58-78-65(70)52-48-44-40-38-35-24-21-18-14-10-6-2)60-82-86(75,76)80-56-61(68)55-79-85(73,74)81-59-62(57-77-64(69)51-47-43-16-12-8-4)83-66(71)53-49-45-41-37-25-22-19-15-11-7-3/h61-63,68H,5-60H2,1-4H3,(H,73,74)(H,75,76)/t61-,62+,63+/m0/s1. The summed E-state index contributed by atoms with van der Waals surface area (Å²) in [7, 11) is -9.88. The van der Waals surface area contributed by atoms with E-state index in [0.717, 1.165) is 96.3 Å². The monoisotopic (exact) mass is 1270 g/mol. The molecule has 0 aliphatic carbocycles. The van der Waals surface area contributed by atoms with Crippen molar-refractivity contribution in [1.29, 1.82) is 0 Å². The highest BCUT2D eigenvalue weighted by atomic mass is 31.2. The molecule has 0 radical (unpaired) electrons. The summed E-state index contributed by atoms with van der Waals surface area (Å²) in [6, 6.07) is 0. The van der Waals surface area contributed by atoms with Gasteiger partial charge in [0.25, 0.3) is 0 Å². The highest BCUT2D eigenvalue weighted by molar-refractivity contribution is 7.47. The second-order valence-corrected chi connectivity index (χ2v) is 27.1. The molecule has 19 heteroatoms. The molecular formula is C67H130O17P2. The van der Waals surface area contributed by atoms with Crippen LogP contribution in [-0.2, 0) is 65.4 Å². The first-order valence-corrected chi connectivity index (χ1v) is 38.3. The van der Waals surface area contributed by atoms with Gasteiger partial charge in [0.15, 0.2) is 12.2 Å². The van der Waals surface area contributed by atoms with E-state index in [9.17, 15) is 43.2 Å². The summed E-state index contributed by atoms with van der Waals surface area (Å²) in [6.07, 6.45) is 49.0. The molecule has 510 valence electrons. The lowest BCUT2D eigenvalue weighted by Crippen LogP contribution is -2.30. The van der Waals surface area contributed by atoms with Crippen molar-refractivity contribution in [2.75, 3.05) is 39.6 Å². The van der Waals surface area contributed by atoms with Crippen LogP contribution >= 0.6 is 15.6 Å². The van der Waals surface area contributed by atoms with Crippen LogP contribution in [0.2, 0.25) is 0 Å². The number of aliphatic hydroxyl groups is 1. The second-order valence-electron chi connectivity index (χ2n) is 24.2. The van der Waals surface area contributed by atoms with E-state index in [4.69, 9.17) is 37.0 Å². The average Bonchev–Trinajstić information content (AvgIpc) is 3.69. The van der Waals surface area contributed by atoms with Crippen molar-refractivity contribution >= 4 is 39.5 Å². The third kappa shape index (κ3) is 60.9. The first-order valence-electron chi connectivity index (χ1n) is 35.3. The van der Waals surface area contributed by atoms with E-state index in [1.54, 1.807) is 0 Å². The Hall–Kier alpha value is -1.94. The molecule has 0 saturated carbocycles. The van der Waals surface area contributed by atoms with Crippen molar-refractivity contribution in [1.82, 2.24) is 0 Å². The van der Waals surface area contributed by atoms with Gasteiger partial charge >= 0.3 is 39.5 Å². The van der Waals surface area contributed by atoms with Crippen LogP contribution in [0, 0.1) is 0 Å². The fourth-order valence-electron chi connectivity index (χ4n) is 10.2. The van der Waals surface area contributed by atoms with Gasteiger partial charge in [0, 0.05) is 25.7 Å². The van der Waals surface area contributed by atoms with E-state index in [0.29, 0.717) is 25.7 Å². The van der Waals surface area contributed by atoms with Crippen molar-refractivity contribution in [3.63, 3.8) is 0 Å². The molecule has 0 amide bonds. The van der Waals surface area contributed by atoms with Gasteiger partial charge in [0.05, 0.1) is 26.4 Å². The van der Waals surface area contributed by atoms with Gasteiger partial charge in [-0.1, -0.05) is 297 Å². The number of hydrogen-bond donors (Lipinski definition) is 3. The summed E-state index contributed by atoms with van der Waals surface area (Å²) in [6.45, 7) is 4.82. The molecule has 0 aromatic heterocycles. The minimum atomic E-state index is -4.94. The molecule has 0 spiro atoms. The van der Waals surface area contributed by atoms with Gasteiger partial charge < -0.3 is 33.8 Å². The number of phosphoric acid groups is 2.